The summed E-state index contributed by atoms with van der Waals surface area (Å²) in [6.45, 7) is 0. The number of H-pyrrole nitrogens is 1. The Morgan fingerprint density at radius 1 is 1.13 bits per heavy atom. The zero-order valence-corrected chi connectivity index (χ0v) is 13.3. The number of aromatic nitrogens is 2. The van der Waals surface area contributed by atoms with Crippen LogP contribution in [0.15, 0.2) is 52.2 Å². The van der Waals surface area contributed by atoms with Crippen molar-refractivity contribution >= 4 is 26.7 Å². The van der Waals surface area contributed by atoms with E-state index in [4.69, 9.17) is 4.74 Å². The maximum atomic E-state index is 12.4. The molecule has 0 radical (unpaired) electrons. The van der Waals surface area contributed by atoms with Crippen LogP contribution in [0.25, 0.3) is 11.0 Å². The van der Waals surface area contributed by atoms with Crippen molar-refractivity contribution in [3.8, 4) is 5.75 Å². The number of aryl methyl sites for hydroxylation is 1. The Hall–Kier alpha value is -2.74. The first kappa shape index (κ1) is 15.2. The van der Waals surface area contributed by atoms with Gasteiger partial charge in [0.1, 0.15) is 5.75 Å². The number of hydrogen-bond acceptors (Lipinski definition) is 4. The monoisotopic (exact) mass is 333 g/mol. The summed E-state index contributed by atoms with van der Waals surface area (Å²) in [4.78, 5) is 14.4. The number of ether oxygens (including phenoxy) is 1. The molecule has 3 rings (SSSR count). The van der Waals surface area contributed by atoms with E-state index < -0.39 is 10.0 Å². The van der Waals surface area contributed by atoms with Gasteiger partial charge in [0.15, 0.2) is 0 Å². The Morgan fingerprint density at radius 3 is 2.48 bits per heavy atom. The molecule has 0 aliphatic carbocycles. The molecule has 0 spiro atoms. The van der Waals surface area contributed by atoms with E-state index in [2.05, 4.69) is 9.71 Å². The number of aromatic amines is 1. The van der Waals surface area contributed by atoms with Crippen molar-refractivity contribution in [1.29, 1.82) is 0 Å². The van der Waals surface area contributed by atoms with Gasteiger partial charge in [-0.25, -0.2) is 13.2 Å². The molecule has 0 atom stereocenters. The fourth-order valence-electron chi connectivity index (χ4n) is 2.27. The summed E-state index contributed by atoms with van der Waals surface area (Å²) in [7, 11) is -0.562. The summed E-state index contributed by atoms with van der Waals surface area (Å²) in [5.74, 6) is 0.576. The van der Waals surface area contributed by atoms with Crippen LogP contribution in [-0.4, -0.2) is 25.1 Å². The largest absolute Gasteiger partial charge is 0.497 e. The Morgan fingerprint density at radius 2 is 1.83 bits per heavy atom. The lowest BCUT2D eigenvalue weighted by Gasteiger charge is -2.09. The van der Waals surface area contributed by atoms with Crippen molar-refractivity contribution in [2.45, 2.75) is 4.90 Å². The minimum Gasteiger partial charge on any atom is -0.497 e. The summed E-state index contributed by atoms with van der Waals surface area (Å²) < 4.78 is 33.7. The van der Waals surface area contributed by atoms with Crippen molar-refractivity contribution in [3.63, 3.8) is 0 Å². The first-order valence-electron chi connectivity index (χ1n) is 6.76. The number of rotatable bonds is 4. The number of anilines is 1. The summed E-state index contributed by atoms with van der Waals surface area (Å²) in [5, 5.41) is 0. The number of hydrogen-bond donors (Lipinski definition) is 2. The van der Waals surface area contributed by atoms with E-state index >= 15 is 0 Å². The van der Waals surface area contributed by atoms with E-state index in [1.807, 2.05) is 0 Å². The molecule has 0 fully saturated rings. The lowest BCUT2D eigenvalue weighted by Crippen LogP contribution is -2.12. The van der Waals surface area contributed by atoms with Crippen LogP contribution >= 0.6 is 0 Å². The lowest BCUT2D eigenvalue weighted by molar-refractivity contribution is 0.414. The Balaban J connectivity index is 1.94. The van der Waals surface area contributed by atoms with Crippen LogP contribution in [0.2, 0.25) is 0 Å². The number of sulfonamides is 1. The molecule has 0 bridgehead atoms. The highest BCUT2D eigenvalue weighted by molar-refractivity contribution is 7.92. The SMILES string of the molecule is COc1ccc(S(=O)(=O)Nc2ccc3c(c2)[nH]c(=O)n3C)cc1. The van der Waals surface area contributed by atoms with E-state index in [1.54, 1.807) is 37.4 Å². The second kappa shape index (κ2) is 5.47. The molecule has 1 heterocycles. The number of nitrogens with one attached hydrogen (secondary N) is 2. The van der Waals surface area contributed by atoms with Crippen molar-refractivity contribution < 1.29 is 13.2 Å². The predicted molar refractivity (Wildman–Crippen MR) is 87.3 cm³/mol. The zero-order chi connectivity index (χ0) is 16.6. The van der Waals surface area contributed by atoms with Crippen LogP contribution in [0.3, 0.4) is 0 Å². The Labute approximate surface area is 132 Å². The molecule has 120 valence electrons. The van der Waals surface area contributed by atoms with Gasteiger partial charge in [-0.2, -0.15) is 0 Å². The van der Waals surface area contributed by atoms with Crippen molar-refractivity contribution in [1.82, 2.24) is 9.55 Å². The van der Waals surface area contributed by atoms with Gasteiger partial charge in [0.2, 0.25) is 0 Å². The van der Waals surface area contributed by atoms with Crippen molar-refractivity contribution in [2.24, 2.45) is 7.05 Å². The molecule has 0 aliphatic rings. The van der Waals surface area contributed by atoms with Crippen LogP contribution in [0.4, 0.5) is 5.69 Å². The maximum Gasteiger partial charge on any atom is 0.326 e. The predicted octanol–water partition coefficient (Wildman–Crippen LogP) is 1.68. The second-order valence-corrected chi connectivity index (χ2v) is 6.68. The number of nitrogens with zero attached hydrogens (tertiary/aromatic N) is 1. The van der Waals surface area contributed by atoms with E-state index in [9.17, 15) is 13.2 Å². The first-order valence-corrected chi connectivity index (χ1v) is 8.25. The fraction of sp³-hybridized carbons (Fsp3) is 0.133. The number of benzene rings is 2. The van der Waals surface area contributed by atoms with Gasteiger partial charge in [0, 0.05) is 7.05 Å². The molecule has 0 saturated carbocycles. The van der Waals surface area contributed by atoms with Crippen LogP contribution < -0.4 is 15.1 Å². The normalized spacial score (nSPS) is 11.6. The van der Waals surface area contributed by atoms with E-state index in [1.165, 1.54) is 23.8 Å². The highest BCUT2D eigenvalue weighted by Crippen LogP contribution is 2.21. The molecule has 2 aromatic carbocycles. The van der Waals surface area contributed by atoms with Gasteiger partial charge in [-0.3, -0.25) is 9.29 Å². The Bertz CT molecular complexity index is 1020. The smallest absolute Gasteiger partial charge is 0.326 e. The van der Waals surface area contributed by atoms with E-state index in [-0.39, 0.29) is 10.6 Å². The number of imidazole rings is 1. The molecule has 3 aromatic rings. The average Bonchev–Trinajstić information content (AvgIpc) is 2.81. The van der Waals surface area contributed by atoms with Crippen molar-refractivity contribution in [3.05, 3.63) is 52.9 Å². The molecule has 8 heteroatoms. The van der Waals surface area contributed by atoms with Crippen LogP contribution in [0, 0.1) is 0 Å². The van der Waals surface area contributed by atoms with Crippen LogP contribution in [0.5, 0.6) is 5.75 Å². The third-order valence-electron chi connectivity index (χ3n) is 3.53. The second-order valence-electron chi connectivity index (χ2n) is 5.00. The molecule has 0 amide bonds. The summed E-state index contributed by atoms with van der Waals surface area (Å²) in [6.07, 6.45) is 0. The quantitative estimate of drug-likeness (QED) is 0.759. The molecule has 0 saturated heterocycles. The van der Waals surface area contributed by atoms with Gasteiger partial charge in [0.25, 0.3) is 10.0 Å². The van der Waals surface area contributed by atoms with Gasteiger partial charge in [0.05, 0.1) is 28.7 Å². The van der Waals surface area contributed by atoms with Crippen molar-refractivity contribution in [2.75, 3.05) is 11.8 Å². The summed E-state index contributed by atoms with van der Waals surface area (Å²) in [6, 6.07) is 10.9. The number of fused-ring (bicyclic) bond motifs is 1. The van der Waals surface area contributed by atoms with Gasteiger partial charge in [-0.15, -0.1) is 0 Å². The molecule has 23 heavy (non-hydrogen) atoms. The molecule has 1 aromatic heterocycles. The highest BCUT2D eigenvalue weighted by Gasteiger charge is 2.15. The van der Waals surface area contributed by atoms with E-state index in [0.717, 1.165) is 0 Å². The molecular formula is C15H15N3O4S. The van der Waals surface area contributed by atoms with Gasteiger partial charge in [-0.1, -0.05) is 0 Å². The molecule has 7 nitrogen and oxygen atoms in total. The highest BCUT2D eigenvalue weighted by atomic mass is 32.2. The first-order chi connectivity index (χ1) is 10.9. The molecular weight excluding hydrogens is 318 g/mol. The Kier molecular flexibility index (Phi) is 3.61. The third-order valence-corrected chi connectivity index (χ3v) is 4.92. The molecule has 0 unspecified atom stereocenters. The minimum atomic E-state index is -3.71. The number of methoxy groups -OCH3 is 1. The maximum absolute atomic E-state index is 12.4. The summed E-state index contributed by atoms with van der Waals surface area (Å²) >= 11 is 0. The average molecular weight is 333 g/mol. The fourth-order valence-corrected chi connectivity index (χ4v) is 3.32. The topological polar surface area (TPSA) is 93.2 Å². The molecule has 2 N–H and O–H groups in total. The summed E-state index contributed by atoms with van der Waals surface area (Å²) in [5.41, 5.74) is 1.38. The lowest BCUT2D eigenvalue weighted by atomic mass is 10.3. The van der Waals surface area contributed by atoms with Gasteiger partial charge < -0.3 is 9.72 Å². The molecule has 0 aliphatic heterocycles. The van der Waals surface area contributed by atoms with Crippen LogP contribution in [0.1, 0.15) is 0 Å². The minimum absolute atomic E-state index is 0.125. The third kappa shape index (κ3) is 2.80. The van der Waals surface area contributed by atoms with Gasteiger partial charge in [-0.05, 0) is 42.5 Å². The van der Waals surface area contributed by atoms with Gasteiger partial charge >= 0.3 is 5.69 Å². The standard InChI is InChI=1S/C15H15N3O4S/c1-18-14-8-3-10(9-13(14)16-15(18)19)17-23(20,21)12-6-4-11(22-2)5-7-12/h3-9,17H,1-2H3,(H,16,19). The van der Waals surface area contributed by atoms with E-state index in [0.29, 0.717) is 22.5 Å². The van der Waals surface area contributed by atoms with Crippen LogP contribution in [-0.2, 0) is 17.1 Å². The zero-order valence-electron chi connectivity index (χ0n) is 12.5.